The summed E-state index contributed by atoms with van der Waals surface area (Å²) in [6.07, 6.45) is 1.11. The Balaban J connectivity index is 1.89. The lowest BCUT2D eigenvalue weighted by Gasteiger charge is -2.16. The molecule has 2 aromatic carbocycles. The third kappa shape index (κ3) is 3.39. The number of carbonyl (C=O) groups excluding carboxylic acids is 1. The zero-order valence-corrected chi connectivity index (χ0v) is 15.5. The van der Waals surface area contributed by atoms with E-state index in [1.165, 1.54) is 0 Å². The highest BCUT2D eigenvalue weighted by atomic mass is 32.2. The predicted molar refractivity (Wildman–Crippen MR) is 99.5 cm³/mol. The molecule has 5 nitrogen and oxygen atoms in total. The van der Waals surface area contributed by atoms with Gasteiger partial charge in [0.05, 0.1) is 4.90 Å². The molecule has 132 valence electrons. The summed E-state index contributed by atoms with van der Waals surface area (Å²) in [7, 11) is -3.66. The largest absolute Gasteiger partial charge is 0.312 e. The number of aryl methyl sites for hydroxylation is 2. The van der Waals surface area contributed by atoms with E-state index >= 15 is 0 Å². The van der Waals surface area contributed by atoms with Crippen molar-refractivity contribution >= 4 is 27.3 Å². The molecule has 0 unspecified atom stereocenters. The number of carbonyl (C=O) groups is 1. The van der Waals surface area contributed by atoms with Gasteiger partial charge >= 0.3 is 0 Å². The minimum absolute atomic E-state index is 0.0580. The summed E-state index contributed by atoms with van der Waals surface area (Å²) in [5.41, 5.74) is 4.40. The number of rotatable bonds is 4. The van der Waals surface area contributed by atoms with Gasteiger partial charge in [-0.1, -0.05) is 13.0 Å². The predicted octanol–water partition coefficient (Wildman–Crippen LogP) is 3.40. The van der Waals surface area contributed by atoms with Crippen molar-refractivity contribution in [1.29, 1.82) is 0 Å². The van der Waals surface area contributed by atoms with Crippen LogP contribution in [0.3, 0.4) is 0 Å². The van der Waals surface area contributed by atoms with Crippen molar-refractivity contribution in [2.45, 2.75) is 38.5 Å². The van der Waals surface area contributed by atoms with Crippen molar-refractivity contribution in [3.8, 4) is 0 Å². The molecule has 0 aliphatic carbocycles. The van der Waals surface area contributed by atoms with E-state index in [1.807, 2.05) is 32.9 Å². The SMILES string of the molecule is CCC(=O)N1CCc2cc(S(=O)(=O)Nc3ccc(C)c(C)c3)ccc21. The van der Waals surface area contributed by atoms with Gasteiger partial charge < -0.3 is 4.90 Å². The Morgan fingerprint density at radius 2 is 1.88 bits per heavy atom. The van der Waals surface area contributed by atoms with E-state index < -0.39 is 10.0 Å². The van der Waals surface area contributed by atoms with Crippen LogP contribution in [0.4, 0.5) is 11.4 Å². The normalized spacial score (nSPS) is 13.6. The number of hydrogen-bond acceptors (Lipinski definition) is 3. The van der Waals surface area contributed by atoms with Gasteiger partial charge in [0.1, 0.15) is 0 Å². The molecule has 0 spiro atoms. The van der Waals surface area contributed by atoms with Crippen LogP contribution in [-0.2, 0) is 21.2 Å². The van der Waals surface area contributed by atoms with Gasteiger partial charge in [-0.3, -0.25) is 9.52 Å². The molecule has 0 fully saturated rings. The van der Waals surface area contributed by atoms with Gasteiger partial charge in [0.15, 0.2) is 0 Å². The van der Waals surface area contributed by atoms with Gasteiger partial charge in [0.25, 0.3) is 10.0 Å². The number of hydrogen-bond donors (Lipinski definition) is 1. The Bertz CT molecular complexity index is 936. The summed E-state index contributed by atoms with van der Waals surface area (Å²) in [6.45, 7) is 6.36. The van der Waals surface area contributed by atoms with Crippen LogP contribution in [0.2, 0.25) is 0 Å². The Labute approximate surface area is 148 Å². The molecule has 0 aromatic heterocycles. The van der Waals surface area contributed by atoms with Crippen LogP contribution >= 0.6 is 0 Å². The van der Waals surface area contributed by atoms with Crippen LogP contribution in [0, 0.1) is 13.8 Å². The van der Waals surface area contributed by atoms with E-state index in [9.17, 15) is 13.2 Å². The van der Waals surface area contributed by atoms with Gasteiger partial charge in [0, 0.05) is 24.3 Å². The van der Waals surface area contributed by atoms with Crippen LogP contribution < -0.4 is 9.62 Å². The fourth-order valence-corrected chi connectivity index (χ4v) is 4.11. The van der Waals surface area contributed by atoms with Crippen molar-refractivity contribution < 1.29 is 13.2 Å². The minimum atomic E-state index is -3.66. The van der Waals surface area contributed by atoms with Crippen LogP contribution in [0.5, 0.6) is 0 Å². The van der Waals surface area contributed by atoms with Crippen molar-refractivity contribution in [3.63, 3.8) is 0 Å². The summed E-state index contributed by atoms with van der Waals surface area (Å²) in [5, 5.41) is 0. The van der Waals surface area contributed by atoms with Gasteiger partial charge in [0.2, 0.25) is 5.91 Å². The molecule has 0 radical (unpaired) electrons. The van der Waals surface area contributed by atoms with Crippen molar-refractivity contribution in [3.05, 3.63) is 53.1 Å². The molecule has 1 aliphatic rings. The lowest BCUT2D eigenvalue weighted by molar-refractivity contribution is -0.118. The summed E-state index contributed by atoms with van der Waals surface area (Å²) in [5.74, 6) is 0.0580. The Kier molecular flexibility index (Phi) is 4.56. The minimum Gasteiger partial charge on any atom is -0.312 e. The molecular formula is C19H22N2O3S. The highest BCUT2D eigenvalue weighted by Crippen LogP contribution is 2.31. The molecule has 0 atom stereocenters. The number of nitrogens with one attached hydrogen (secondary N) is 1. The monoisotopic (exact) mass is 358 g/mol. The number of anilines is 2. The molecular weight excluding hydrogens is 336 g/mol. The molecule has 0 bridgehead atoms. The van der Waals surface area contributed by atoms with E-state index in [0.29, 0.717) is 25.1 Å². The first-order valence-corrected chi connectivity index (χ1v) is 9.83. The smallest absolute Gasteiger partial charge is 0.261 e. The Morgan fingerprint density at radius 1 is 1.12 bits per heavy atom. The first-order valence-electron chi connectivity index (χ1n) is 8.35. The fraction of sp³-hybridized carbons (Fsp3) is 0.316. The molecule has 2 aromatic rings. The third-order valence-electron chi connectivity index (χ3n) is 4.62. The first-order chi connectivity index (χ1) is 11.8. The van der Waals surface area contributed by atoms with Crippen LogP contribution in [0.1, 0.15) is 30.0 Å². The standard InChI is InChI=1S/C19H22N2O3S/c1-4-19(22)21-10-9-15-12-17(7-8-18(15)21)25(23,24)20-16-6-5-13(2)14(3)11-16/h5-8,11-12,20H,4,9-10H2,1-3H3. The maximum atomic E-state index is 12.7. The van der Waals surface area contributed by atoms with Crippen molar-refractivity contribution in [1.82, 2.24) is 0 Å². The summed E-state index contributed by atoms with van der Waals surface area (Å²) in [6, 6.07) is 10.4. The Morgan fingerprint density at radius 3 is 2.56 bits per heavy atom. The summed E-state index contributed by atoms with van der Waals surface area (Å²) >= 11 is 0. The lowest BCUT2D eigenvalue weighted by Crippen LogP contribution is -2.27. The second-order valence-electron chi connectivity index (χ2n) is 6.34. The molecule has 1 aliphatic heterocycles. The van der Waals surface area contributed by atoms with Crippen LogP contribution in [-0.4, -0.2) is 20.9 Å². The number of benzene rings is 2. The molecule has 3 rings (SSSR count). The molecule has 1 heterocycles. The van der Waals surface area contributed by atoms with E-state index in [4.69, 9.17) is 0 Å². The topological polar surface area (TPSA) is 66.5 Å². The van der Waals surface area contributed by atoms with E-state index in [2.05, 4.69) is 4.72 Å². The van der Waals surface area contributed by atoms with E-state index in [0.717, 1.165) is 22.4 Å². The van der Waals surface area contributed by atoms with Gasteiger partial charge in [-0.05, 0) is 67.3 Å². The first kappa shape index (κ1) is 17.5. The highest BCUT2D eigenvalue weighted by molar-refractivity contribution is 7.92. The average Bonchev–Trinajstić information content (AvgIpc) is 3.00. The lowest BCUT2D eigenvalue weighted by atomic mass is 10.1. The van der Waals surface area contributed by atoms with Crippen LogP contribution in [0.25, 0.3) is 0 Å². The van der Waals surface area contributed by atoms with E-state index in [-0.39, 0.29) is 10.8 Å². The van der Waals surface area contributed by atoms with Gasteiger partial charge in [-0.2, -0.15) is 0 Å². The maximum absolute atomic E-state index is 12.7. The van der Waals surface area contributed by atoms with E-state index in [1.54, 1.807) is 29.2 Å². The molecule has 0 saturated carbocycles. The summed E-state index contributed by atoms with van der Waals surface area (Å²) in [4.78, 5) is 13.9. The van der Waals surface area contributed by atoms with Crippen molar-refractivity contribution in [2.24, 2.45) is 0 Å². The average molecular weight is 358 g/mol. The summed E-state index contributed by atoms with van der Waals surface area (Å²) < 4.78 is 28.0. The molecule has 0 saturated heterocycles. The van der Waals surface area contributed by atoms with Crippen LogP contribution in [0.15, 0.2) is 41.3 Å². The van der Waals surface area contributed by atoms with Crippen molar-refractivity contribution in [2.75, 3.05) is 16.2 Å². The second-order valence-corrected chi connectivity index (χ2v) is 8.03. The number of amides is 1. The third-order valence-corrected chi connectivity index (χ3v) is 6.00. The molecule has 1 N–H and O–H groups in total. The zero-order valence-electron chi connectivity index (χ0n) is 14.7. The molecule has 25 heavy (non-hydrogen) atoms. The van der Waals surface area contributed by atoms with Gasteiger partial charge in [-0.25, -0.2) is 8.42 Å². The number of sulfonamides is 1. The number of nitrogens with zero attached hydrogens (tertiary/aromatic N) is 1. The molecule has 6 heteroatoms. The quantitative estimate of drug-likeness (QED) is 0.911. The second kappa shape index (κ2) is 6.52. The highest BCUT2D eigenvalue weighted by Gasteiger charge is 2.25. The number of fused-ring (bicyclic) bond motifs is 1. The Hall–Kier alpha value is -2.34. The maximum Gasteiger partial charge on any atom is 0.261 e. The fourth-order valence-electron chi connectivity index (χ4n) is 3.01. The zero-order chi connectivity index (χ0) is 18.2. The molecule has 1 amide bonds. The van der Waals surface area contributed by atoms with Gasteiger partial charge in [-0.15, -0.1) is 0 Å².